The molecule has 1 aliphatic rings. The number of anilines is 1. The quantitative estimate of drug-likeness (QED) is 0.887. The van der Waals surface area contributed by atoms with Crippen LogP contribution < -0.4 is 5.32 Å². The third-order valence-electron chi connectivity index (χ3n) is 4.17. The average Bonchev–Trinajstić information content (AvgIpc) is 2.55. The first kappa shape index (κ1) is 17.5. The highest BCUT2D eigenvalue weighted by Crippen LogP contribution is 2.25. The third-order valence-corrected chi connectivity index (χ3v) is 4.17. The summed E-state index contributed by atoms with van der Waals surface area (Å²) in [4.78, 5) is 18.4. The predicted octanol–water partition coefficient (Wildman–Crippen LogP) is 4.19. The normalized spacial score (nSPS) is 18.2. The molecule has 1 amide bonds. The van der Waals surface area contributed by atoms with Gasteiger partial charge in [0.05, 0.1) is 0 Å². The van der Waals surface area contributed by atoms with Crippen LogP contribution in [0.15, 0.2) is 30.5 Å². The van der Waals surface area contributed by atoms with Crippen molar-refractivity contribution in [3.05, 3.63) is 36.3 Å². The molecule has 1 aromatic heterocycles. The number of halogens is 1. The fraction of sp³-hybridized carbons (Fsp3) is 0.474. The number of hydrogen-bond donors (Lipinski definition) is 1. The van der Waals surface area contributed by atoms with Gasteiger partial charge in [-0.15, -0.1) is 0 Å². The Hall–Kier alpha value is -2.37. The van der Waals surface area contributed by atoms with E-state index in [1.54, 1.807) is 23.2 Å². The zero-order chi connectivity index (χ0) is 18.0. The smallest absolute Gasteiger partial charge is 0.410 e. The summed E-state index contributed by atoms with van der Waals surface area (Å²) in [7, 11) is 0. The van der Waals surface area contributed by atoms with Crippen molar-refractivity contribution in [2.24, 2.45) is 0 Å². The Labute approximate surface area is 147 Å². The van der Waals surface area contributed by atoms with Gasteiger partial charge in [0.1, 0.15) is 17.2 Å². The summed E-state index contributed by atoms with van der Waals surface area (Å²) in [5.41, 5.74) is -0.508. The van der Waals surface area contributed by atoms with Crippen LogP contribution in [-0.2, 0) is 4.74 Å². The summed E-state index contributed by atoms with van der Waals surface area (Å²) in [5, 5.41) is 4.66. The molecular formula is C19H24FN3O2. The Morgan fingerprint density at radius 1 is 1.32 bits per heavy atom. The number of fused-ring (bicyclic) bond motifs is 1. The second kappa shape index (κ2) is 6.86. The first-order valence-electron chi connectivity index (χ1n) is 8.61. The zero-order valence-corrected chi connectivity index (χ0v) is 14.9. The molecule has 2 aromatic rings. The molecule has 0 saturated carbocycles. The van der Waals surface area contributed by atoms with E-state index in [1.807, 2.05) is 26.8 Å². The highest BCUT2D eigenvalue weighted by Gasteiger charge is 2.28. The van der Waals surface area contributed by atoms with E-state index in [4.69, 9.17) is 4.74 Å². The van der Waals surface area contributed by atoms with Crippen LogP contribution in [0.2, 0.25) is 0 Å². The van der Waals surface area contributed by atoms with Gasteiger partial charge in [0.25, 0.3) is 0 Å². The van der Waals surface area contributed by atoms with Crippen LogP contribution in [0.25, 0.3) is 10.8 Å². The molecule has 25 heavy (non-hydrogen) atoms. The van der Waals surface area contributed by atoms with Crippen LogP contribution in [0.4, 0.5) is 15.0 Å². The number of aromatic nitrogens is 1. The van der Waals surface area contributed by atoms with Crippen LogP contribution in [0.3, 0.4) is 0 Å². The Balaban J connectivity index is 1.73. The fourth-order valence-electron chi connectivity index (χ4n) is 3.06. The summed E-state index contributed by atoms with van der Waals surface area (Å²) in [5.74, 6) is 0.384. The number of likely N-dealkylation sites (tertiary alicyclic amines) is 1. The lowest BCUT2D eigenvalue weighted by atomic mass is 10.1. The monoisotopic (exact) mass is 345 g/mol. The summed E-state index contributed by atoms with van der Waals surface area (Å²) in [6.07, 6.45) is 3.11. The molecule has 0 spiro atoms. The number of rotatable bonds is 2. The minimum atomic E-state index is -0.508. The molecule has 1 aromatic carbocycles. The molecular weight excluding hydrogens is 321 g/mol. The lowest BCUT2D eigenvalue weighted by Crippen LogP contribution is -2.47. The van der Waals surface area contributed by atoms with Gasteiger partial charge >= 0.3 is 6.09 Å². The molecule has 0 unspecified atom stereocenters. The molecule has 5 nitrogen and oxygen atoms in total. The molecule has 1 atom stereocenters. The molecule has 3 rings (SSSR count). The first-order chi connectivity index (χ1) is 11.8. The third kappa shape index (κ3) is 4.18. The van der Waals surface area contributed by atoms with E-state index in [0.717, 1.165) is 18.2 Å². The minimum absolute atomic E-state index is 0.0580. The highest BCUT2D eigenvalue weighted by molar-refractivity contribution is 5.92. The number of nitrogens with one attached hydrogen (secondary N) is 1. The van der Waals surface area contributed by atoms with Crippen molar-refractivity contribution in [2.45, 2.75) is 45.3 Å². The second-order valence-electron chi connectivity index (χ2n) is 7.40. The number of nitrogens with zero attached hydrogens (tertiary/aromatic N) is 2. The largest absolute Gasteiger partial charge is 0.444 e. The SMILES string of the molecule is CC(C)(C)OC(=O)N1CCC[C@@H](Nc2nccc3c(F)cccc23)C1. The molecule has 0 bridgehead atoms. The number of carbonyl (C=O) groups is 1. The molecule has 1 saturated heterocycles. The van der Waals surface area contributed by atoms with Crippen molar-refractivity contribution in [3.8, 4) is 0 Å². The van der Waals surface area contributed by atoms with E-state index in [1.165, 1.54) is 6.07 Å². The summed E-state index contributed by atoms with van der Waals surface area (Å²) in [6.45, 7) is 6.81. The number of amides is 1. The Morgan fingerprint density at radius 3 is 2.88 bits per heavy atom. The molecule has 2 heterocycles. The van der Waals surface area contributed by atoms with E-state index in [-0.39, 0.29) is 18.0 Å². The van der Waals surface area contributed by atoms with Gasteiger partial charge in [-0.25, -0.2) is 14.2 Å². The maximum Gasteiger partial charge on any atom is 0.410 e. The van der Waals surface area contributed by atoms with Gasteiger partial charge < -0.3 is 15.0 Å². The molecule has 6 heteroatoms. The van der Waals surface area contributed by atoms with E-state index in [9.17, 15) is 9.18 Å². The molecule has 0 radical (unpaired) electrons. The molecule has 134 valence electrons. The van der Waals surface area contributed by atoms with Gasteiger partial charge in [-0.05, 0) is 45.7 Å². The second-order valence-corrected chi connectivity index (χ2v) is 7.40. The topological polar surface area (TPSA) is 54.5 Å². The number of hydrogen-bond acceptors (Lipinski definition) is 4. The molecule has 0 aliphatic carbocycles. The van der Waals surface area contributed by atoms with Crippen molar-refractivity contribution < 1.29 is 13.9 Å². The number of benzene rings is 1. The van der Waals surface area contributed by atoms with E-state index < -0.39 is 5.60 Å². The van der Waals surface area contributed by atoms with Crippen molar-refractivity contribution in [3.63, 3.8) is 0 Å². The van der Waals surface area contributed by atoms with Crippen molar-refractivity contribution >= 4 is 22.7 Å². The van der Waals surface area contributed by atoms with E-state index in [2.05, 4.69) is 10.3 Å². The zero-order valence-electron chi connectivity index (χ0n) is 14.9. The van der Waals surface area contributed by atoms with Gasteiger partial charge in [0.2, 0.25) is 0 Å². The number of piperidine rings is 1. The first-order valence-corrected chi connectivity index (χ1v) is 8.61. The average molecular weight is 345 g/mol. The van der Waals surface area contributed by atoms with Gasteiger partial charge in [0, 0.05) is 36.1 Å². The van der Waals surface area contributed by atoms with Crippen LogP contribution in [0.1, 0.15) is 33.6 Å². The Kier molecular flexibility index (Phi) is 4.79. The number of ether oxygens (including phenoxy) is 1. The number of pyridine rings is 1. The summed E-state index contributed by atoms with van der Waals surface area (Å²) in [6, 6.07) is 6.70. The lowest BCUT2D eigenvalue weighted by Gasteiger charge is -2.34. The van der Waals surface area contributed by atoms with Gasteiger partial charge in [0.15, 0.2) is 0 Å². The summed E-state index contributed by atoms with van der Waals surface area (Å²) < 4.78 is 19.4. The predicted molar refractivity (Wildman–Crippen MR) is 96.2 cm³/mol. The maximum atomic E-state index is 13.9. The van der Waals surface area contributed by atoms with Crippen molar-refractivity contribution in [1.82, 2.24) is 9.88 Å². The standard InChI is InChI=1S/C19H24FN3O2/c1-19(2,3)25-18(24)23-11-5-6-13(12-23)22-17-15-7-4-8-16(20)14(15)9-10-21-17/h4,7-10,13H,5-6,11-12H2,1-3H3,(H,21,22)/t13-/m1/s1. The van der Waals surface area contributed by atoms with Gasteiger partial charge in [-0.1, -0.05) is 12.1 Å². The fourth-order valence-corrected chi connectivity index (χ4v) is 3.06. The van der Waals surface area contributed by atoms with E-state index >= 15 is 0 Å². The van der Waals surface area contributed by atoms with Crippen LogP contribution >= 0.6 is 0 Å². The number of carbonyl (C=O) groups excluding carboxylic acids is 1. The van der Waals surface area contributed by atoms with E-state index in [0.29, 0.717) is 24.3 Å². The van der Waals surface area contributed by atoms with Crippen LogP contribution in [0.5, 0.6) is 0 Å². The Morgan fingerprint density at radius 2 is 2.12 bits per heavy atom. The Bertz CT molecular complexity index is 773. The lowest BCUT2D eigenvalue weighted by molar-refractivity contribution is 0.0206. The van der Waals surface area contributed by atoms with Crippen molar-refractivity contribution in [2.75, 3.05) is 18.4 Å². The van der Waals surface area contributed by atoms with Gasteiger partial charge in [-0.2, -0.15) is 0 Å². The van der Waals surface area contributed by atoms with Crippen LogP contribution in [0, 0.1) is 5.82 Å². The molecule has 1 aliphatic heterocycles. The van der Waals surface area contributed by atoms with Crippen LogP contribution in [-0.4, -0.2) is 40.7 Å². The minimum Gasteiger partial charge on any atom is -0.444 e. The summed E-state index contributed by atoms with van der Waals surface area (Å²) >= 11 is 0. The van der Waals surface area contributed by atoms with Crippen molar-refractivity contribution in [1.29, 1.82) is 0 Å². The molecule has 1 N–H and O–H groups in total. The van der Waals surface area contributed by atoms with Gasteiger partial charge in [-0.3, -0.25) is 0 Å². The molecule has 1 fully saturated rings. The highest BCUT2D eigenvalue weighted by atomic mass is 19.1. The maximum absolute atomic E-state index is 13.9.